The molecule has 0 bridgehead atoms. The number of fused-ring (bicyclic) bond motifs is 3. The molecule has 0 saturated heterocycles. The van der Waals surface area contributed by atoms with Gasteiger partial charge >= 0.3 is 0 Å². The van der Waals surface area contributed by atoms with Gasteiger partial charge in [-0.25, -0.2) is 8.42 Å². The van der Waals surface area contributed by atoms with Crippen molar-refractivity contribution in [2.45, 2.75) is 146 Å². The van der Waals surface area contributed by atoms with Crippen LogP contribution in [-0.2, 0) is 22.9 Å². The number of quaternary nitrogens is 2. The molecule has 2 aromatic rings. The molecule has 5 nitrogen and oxygen atoms in total. The van der Waals surface area contributed by atoms with Crippen molar-refractivity contribution in [3.63, 3.8) is 0 Å². The summed E-state index contributed by atoms with van der Waals surface area (Å²) in [5.41, 5.74) is 3.70. The van der Waals surface area contributed by atoms with Gasteiger partial charge in [0.15, 0.2) is 0 Å². The first kappa shape index (κ1) is 44.7. The van der Waals surface area contributed by atoms with Crippen LogP contribution in [0.5, 0.6) is 5.75 Å². The molecule has 2 aromatic carbocycles. The lowest BCUT2D eigenvalue weighted by Crippen LogP contribution is -3.00. The van der Waals surface area contributed by atoms with Gasteiger partial charge in [0.05, 0.1) is 57.7 Å². The summed E-state index contributed by atoms with van der Waals surface area (Å²) in [6, 6.07) is 10.2. The number of nitrogens with zero attached hydrogens (tertiary/aromatic N) is 2. The Morgan fingerprint density at radius 2 is 1.02 bits per heavy atom. The Bertz CT molecular complexity index is 1330. The first-order chi connectivity index (χ1) is 21.9. The molecular weight excluding hydrogens is 659 g/mol. The summed E-state index contributed by atoms with van der Waals surface area (Å²) < 4.78 is 36.6. The molecule has 0 saturated carbocycles. The van der Waals surface area contributed by atoms with Crippen molar-refractivity contribution in [3.05, 3.63) is 41.5 Å². The summed E-state index contributed by atoms with van der Waals surface area (Å²) in [6.45, 7) is 11.1. The maximum atomic E-state index is 14.2. The Hall–Kier alpha value is -1.31. The highest BCUT2D eigenvalue weighted by molar-refractivity contribution is 7.92. The Kier molecular flexibility index (Phi) is 20.3. The normalized spacial score (nSPS) is 13.4. The molecule has 0 amide bonds. The zero-order chi connectivity index (χ0) is 33.6. The molecule has 0 spiro atoms. The minimum absolute atomic E-state index is 0. The number of hydrogen-bond donors (Lipinski definition) is 0. The molecule has 1 heterocycles. The van der Waals surface area contributed by atoms with Crippen LogP contribution in [0.2, 0.25) is 0 Å². The number of benzene rings is 2. The fraction of sp³-hybridized carbons (Fsp3) is 0.700. The smallest absolute Gasteiger partial charge is 0.207 e. The van der Waals surface area contributed by atoms with Crippen LogP contribution in [0.3, 0.4) is 0 Å². The van der Waals surface area contributed by atoms with E-state index in [4.69, 9.17) is 4.74 Å². The van der Waals surface area contributed by atoms with Gasteiger partial charge in [0.2, 0.25) is 9.84 Å². The fourth-order valence-corrected chi connectivity index (χ4v) is 8.83. The monoisotopic (exact) mass is 726 g/mol. The van der Waals surface area contributed by atoms with E-state index in [9.17, 15) is 8.42 Å². The lowest BCUT2D eigenvalue weighted by molar-refractivity contribution is -0.903. The number of unbranched alkanes of at least 4 members (excludes halogenated alkanes) is 13. The van der Waals surface area contributed by atoms with Gasteiger partial charge in [-0.2, -0.15) is 0 Å². The van der Waals surface area contributed by atoms with Crippen LogP contribution in [-0.4, -0.2) is 65.3 Å². The summed E-state index contributed by atoms with van der Waals surface area (Å²) in [4.78, 5) is 0.884. The SMILES string of the molecule is CCCCCCCC[N+](C)(C)Cc1ccc2c(c1)S(=O)(=O)c1cc(C[N+](C)(C)CCCCCCCC)cc(OCCCCCC)c1-2.[Cl-].[Cl-]. The summed E-state index contributed by atoms with van der Waals surface area (Å²) in [6.07, 6.45) is 19.9. The highest BCUT2D eigenvalue weighted by Gasteiger charge is 2.37. The molecule has 1 aliphatic heterocycles. The summed E-state index contributed by atoms with van der Waals surface area (Å²) >= 11 is 0. The van der Waals surface area contributed by atoms with Gasteiger partial charge in [0.1, 0.15) is 18.8 Å². The van der Waals surface area contributed by atoms with Crippen molar-refractivity contribution in [3.8, 4) is 16.9 Å². The number of ether oxygens (including phenoxy) is 1. The molecule has 3 rings (SSSR count). The maximum Gasteiger partial charge on any atom is 0.207 e. The second-order valence-electron chi connectivity index (χ2n) is 15.4. The van der Waals surface area contributed by atoms with E-state index in [1.807, 2.05) is 18.2 Å². The number of sulfone groups is 1. The summed E-state index contributed by atoms with van der Waals surface area (Å²) in [5.74, 6) is 0.734. The Morgan fingerprint density at radius 3 is 1.56 bits per heavy atom. The van der Waals surface area contributed by atoms with E-state index in [0.29, 0.717) is 16.4 Å². The van der Waals surface area contributed by atoms with Crippen molar-refractivity contribution < 1.29 is 46.9 Å². The highest BCUT2D eigenvalue weighted by Crippen LogP contribution is 2.49. The van der Waals surface area contributed by atoms with E-state index in [1.165, 1.54) is 89.9 Å². The van der Waals surface area contributed by atoms with E-state index in [0.717, 1.165) is 76.0 Å². The quantitative estimate of drug-likeness (QED) is 0.102. The van der Waals surface area contributed by atoms with Crippen LogP contribution in [0.1, 0.15) is 135 Å². The fourth-order valence-electron chi connectivity index (χ4n) is 7.04. The lowest BCUT2D eigenvalue weighted by atomic mass is 10.00. The Morgan fingerprint density at radius 1 is 0.562 bits per heavy atom. The third-order valence-corrected chi connectivity index (χ3v) is 11.5. The van der Waals surface area contributed by atoms with Crippen molar-refractivity contribution in [2.75, 3.05) is 47.9 Å². The first-order valence-corrected chi connectivity index (χ1v) is 20.2. The largest absolute Gasteiger partial charge is 1.00 e. The molecule has 0 aliphatic carbocycles. The van der Waals surface area contributed by atoms with Gasteiger partial charge in [-0.15, -0.1) is 0 Å². The Labute approximate surface area is 308 Å². The molecule has 0 N–H and O–H groups in total. The average molecular weight is 728 g/mol. The predicted octanol–water partition coefficient (Wildman–Crippen LogP) is 4.34. The minimum atomic E-state index is -3.64. The van der Waals surface area contributed by atoms with Gasteiger partial charge in [-0.3, -0.25) is 0 Å². The lowest BCUT2D eigenvalue weighted by Gasteiger charge is -2.30. The first-order valence-electron chi connectivity index (χ1n) is 18.8. The number of rotatable bonds is 24. The number of halogens is 2. The van der Waals surface area contributed by atoms with Crippen molar-refractivity contribution in [2.24, 2.45) is 0 Å². The van der Waals surface area contributed by atoms with Crippen LogP contribution in [0.25, 0.3) is 11.1 Å². The number of hydrogen-bond acceptors (Lipinski definition) is 3. The van der Waals surface area contributed by atoms with Gasteiger partial charge in [-0.1, -0.05) is 104 Å². The molecule has 0 radical (unpaired) electrons. The zero-order valence-corrected chi connectivity index (χ0v) is 33.8. The van der Waals surface area contributed by atoms with Crippen molar-refractivity contribution in [1.29, 1.82) is 0 Å². The molecular formula is C40H68Cl2N2O3S. The minimum Gasteiger partial charge on any atom is -1.00 e. The molecule has 0 aromatic heterocycles. The van der Waals surface area contributed by atoms with E-state index in [1.54, 1.807) is 0 Å². The molecule has 0 fully saturated rings. The second kappa shape index (κ2) is 21.8. The van der Waals surface area contributed by atoms with E-state index >= 15 is 0 Å². The summed E-state index contributed by atoms with van der Waals surface area (Å²) in [7, 11) is 5.44. The molecule has 276 valence electrons. The summed E-state index contributed by atoms with van der Waals surface area (Å²) in [5, 5.41) is 0. The van der Waals surface area contributed by atoms with E-state index in [-0.39, 0.29) is 24.8 Å². The predicted molar refractivity (Wildman–Crippen MR) is 195 cm³/mol. The maximum absolute atomic E-state index is 14.2. The molecule has 0 atom stereocenters. The molecule has 1 aliphatic rings. The second-order valence-corrected chi connectivity index (χ2v) is 17.3. The van der Waals surface area contributed by atoms with E-state index < -0.39 is 9.84 Å². The van der Waals surface area contributed by atoms with Gasteiger partial charge < -0.3 is 38.5 Å². The Balaban J connectivity index is 0.00000576. The third kappa shape index (κ3) is 13.8. The van der Waals surface area contributed by atoms with Crippen LogP contribution in [0.4, 0.5) is 0 Å². The average Bonchev–Trinajstić information content (AvgIpc) is 3.22. The standard InChI is InChI=1S/C40H68N2O3S.2ClH/c1-8-11-14-17-19-21-26-41(4,5)32-34-24-25-36-38(30-34)46(43,44)39-31-35(29-37(40(36)39)45-28-23-16-13-10-3)33-42(6,7)27-22-20-18-15-12-9-2;;/h24-25,29-31H,8-23,26-28,32-33H2,1-7H3;2*1H/q+2;;/p-2. The van der Waals surface area contributed by atoms with Crippen molar-refractivity contribution >= 4 is 9.84 Å². The molecule has 48 heavy (non-hydrogen) atoms. The molecule has 0 unspecified atom stereocenters. The zero-order valence-electron chi connectivity index (χ0n) is 31.5. The van der Waals surface area contributed by atoms with Crippen LogP contribution in [0.15, 0.2) is 40.1 Å². The topological polar surface area (TPSA) is 43.4 Å². The van der Waals surface area contributed by atoms with Gasteiger partial charge in [0.25, 0.3) is 0 Å². The van der Waals surface area contributed by atoms with Crippen LogP contribution >= 0.6 is 0 Å². The molecule has 8 heteroatoms. The van der Waals surface area contributed by atoms with Crippen LogP contribution < -0.4 is 29.6 Å². The highest BCUT2D eigenvalue weighted by atomic mass is 35.5. The van der Waals surface area contributed by atoms with E-state index in [2.05, 4.69) is 61.1 Å². The van der Waals surface area contributed by atoms with Crippen LogP contribution in [0, 0.1) is 0 Å². The van der Waals surface area contributed by atoms with Gasteiger partial charge in [-0.05, 0) is 50.3 Å². The van der Waals surface area contributed by atoms with Crippen molar-refractivity contribution in [1.82, 2.24) is 0 Å². The van der Waals surface area contributed by atoms with Gasteiger partial charge in [0, 0.05) is 22.3 Å². The third-order valence-electron chi connectivity index (χ3n) is 9.73.